The van der Waals surface area contributed by atoms with E-state index in [1.807, 2.05) is 29.0 Å². The summed E-state index contributed by atoms with van der Waals surface area (Å²) in [6.07, 6.45) is 4.69. The van der Waals surface area contributed by atoms with Crippen LogP contribution in [0.25, 0.3) is 0 Å². The smallest absolute Gasteiger partial charge is 0.245 e. The predicted molar refractivity (Wildman–Crippen MR) is 112 cm³/mol. The number of amides is 2. The zero-order valence-corrected chi connectivity index (χ0v) is 17.7. The number of nitrogens with zero attached hydrogens (tertiary/aromatic N) is 3. The normalized spacial score (nSPS) is 19.7. The van der Waals surface area contributed by atoms with E-state index in [2.05, 4.69) is 30.9 Å². The third kappa shape index (κ3) is 5.13. The van der Waals surface area contributed by atoms with Crippen LogP contribution in [0, 0.1) is 5.92 Å². The molecule has 0 bridgehead atoms. The van der Waals surface area contributed by atoms with Crippen LogP contribution in [0.15, 0.2) is 24.3 Å². The maximum atomic E-state index is 13.3. The molecule has 2 heterocycles. The van der Waals surface area contributed by atoms with Crippen molar-refractivity contribution in [1.82, 2.24) is 14.7 Å². The Hall–Kier alpha value is -1.88. The van der Waals surface area contributed by atoms with Gasteiger partial charge in [-0.3, -0.25) is 9.59 Å². The van der Waals surface area contributed by atoms with Gasteiger partial charge in [-0.1, -0.05) is 38.1 Å². The lowest BCUT2D eigenvalue weighted by Crippen LogP contribution is -2.53. The lowest BCUT2D eigenvalue weighted by atomic mass is 9.92. The van der Waals surface area contributed by atoms with E-state index in [4.69, 9.17) is 0 Å². The zero-order chi connectivity index (χ0) is 20.1. The van der Waals surface area contributed by atoms with Crippen LogP contribution in [0.5, 0.6) is 0 Å². The predicted octanol–water partition coefficient (Wildman–Crippen LogP) is 2.93. The lowest BCUT2D eigenvalue weighted by Gasteiger charge is -2.38. The highest BCUT2D eigenvalue weighted by Gasteiger charge is 2.35. The molecule has 0 spiro atoms. The number of fused-ring (bicyclic) bond motifs is 1. The third-order valence-electron chi connectivity index (χ3n) is 5.98. The largest absolute Gasteiger partial charge is 0.344 e. The first-order valence-electron chi connectivity index (χ1n) is 10.8. The SMILES string of the molecule is CC(C)CC(=O)N1Cc2ccccc2CC1C(=O)N(C)CCCN1CCCC1. The van der Waals surface area contributed by atoms with Crippen molar-refractivity contribution in [3.05, 3.63) is 35.4 Å². The summed E-state index contributed by atoms with van der Waals surface area (Å²) in [5.74, 6) is 0.458. The van der Waals surface area contributed by atoms with Crippen molar-refractivity contribution in [3.63, 3.8) is 0 Å². The standard InChI is InChI=1S/C23H35N3O2/c1-18(2)15-22(27)26-17-20-10-5-4-9-19(20)16-21(26)23(28)24(3)11-8-14-25-12-6-7-13-25/h4-5,9-10,18,21H,6-8,11-17H2,1-3H3. The van der Waals surface area contributed by atoms with Crippen LogP contribution >= 0.6 is 0 Å². The lowest BCUT2D eigenvalue weighted by molar-refractivity contribution is -0.146. The Labute approximate surface area is 169 Å². The summed E-state index contributed by atoms with van der Waals surface area (Å²) in [6, 6.07) is 7.82. The van der Waals surface area contributed by atoms with Gasteiger partial charge in [0.15, 0.2) is 0 Å². The van der Waals surface area contributed by atoms with Crippen molar-refractivity contribution in [2.75, 3.05) is 33.2 Å². The van der Waals surface area contributed by atoms with E-state index in [-0.39, 0.29) is 17.9 Å². The second-order valence-electron chi connectivity index (χ2n) is 8.77. The van der Waals surface area contributed by atoms with Gasteiger partial charge in [0.25, 0.3) is 0 Å². The van der Waals surface area contributed by atoms with Crippen molar-refractivity contribution in [1.29, 1.82) is 0 Å². The molecule has 1 aromatic rings. The number of likely N-dealkylation sites (N-methyl/N-ethyl adjacent to an activating group) is 1. The fourth-order valence-corrected chi connectivity index (χ4v) is 4.37. The minimum atomic E-state index is -0.377. The first-order chi connectivity index (χ1) is 13.5. The van der Waals surface area contributed by atoms with Crippen LogP contribution in [0.3, 0.4) is 0 Å². The third-order valence-corrected chi connectivity index (χ3v) is 5.98. The molecule has 2 amide bonds. The zero-order valence-electron chi connectivity index (χ0n) is 17.7. The van der Waals surface area contributed by atoms with E-state index in [1.54, 1.807) is 0 Å². The Morgan fingerprint density at radius 1 is 1.14 bits per heavy atom. The Kier molecular flexibility index (Phi) is 7.11. The highest BCUT2D eigenvalue weighted by molar-refractivity contribution is 5.88. The molecule has 0 aliphatic carbocycles. The summed E-state index contributed by atoms with van der Waals surface area (Å²) in [5.41, 5.74) is 2.36. The first-order valence-corrected chi connectivity index (χ1v) is 10.8. The Balaban J connectivity index is 1.66. The van der Waals surface area contributed by atoms with E-state index >= 15 is 0 Å². The molecule has 0 radical (unpaired) electrons. The number of likely N-dealkylation sites (tertiary alicyclic amines) is 1. The maximum Gasteiger partial charge on any atom is 0.245 e. The number of rotatable bonds is 7. The maximum absolute atomic E-state index is 13.3. The number of carbonyl (C=O) groups excluding carboxylic acids is 2. The average Bonchev–Trinajstić information content (AvgIpc) is 3.19. The van der Waals surface area contributed by atoms with Gasteiger partial charge in [0.2, 0.25) is 11.8 Å². The van der Waals surface area contributed by atoms with Gasteiger partial charge in [-0.15, -0.1) is 0 Å². The van der Waals surface area contributed by atoms with Crippen LogP contribution in [0.4, 0.5) is 0 Å². The topological polar surface area (TPSA) is 43.9 Å². The summed E-state index contributed by atoms with van der Waals surface area (Å²) < 4.78 is 0. The summed E-state index contributed by atoms with van der Waals surface area (Å²) in [4.78, 5) is 32.3. The van der Waals surface area contributed by atoms with E-state index in [0.717, 1.165) is 19.5 Å². The second-order valence-corrected chi connectivity index (χ2v) is 8.77. The number of benzene rings is 1. The Morgan fingerprint density at radius 3 is 2.50 bits per heavy atom. The van der Waals surface area contributed by atoms with Gasteiger partial charge in [0, 0.05) is 33.0 Å². The van der Waals surface area contributed by atoms with Crippen molar-refractivity contribution in [2.24, 2.45) is 5.92 Å². The van der Waals surface area contributed by atoms with Gasteiger partial charge in [-0.25, -0.2) is 0 Å². The monoisotopic (exact) mass is 385 g/mol. The quantitative estimate of drug-likeness (QED) is 0.725. The summed E-state index contributed by atoms with van der Waals surface area (Å²) in [6.45, 7) is 8.83. The molecule has 5 nitrogen and oxygen atoms in total. The van der Waals surface area contributed by atoms with Crippen molar-refractivity contribution >= 4 is 11.8 Å². The summed E-state index contributed by atoms with van der Waals surface area (Å²) >= 11 is 0. The highest BCUT2D eigenvalue weighted by Crippen LogP contribution is 2.26. The molecule has 2 aliphatic rings. The van der Waals surface area contributed by atoms with E-state index in [1.165, 1.54) is 37.1 Å². The molecule has 2 aliphatic heterocycles. The number of hydrogen-bond acceptors (Lipinski definition) is 3. The summed E-state index contributed by atoms with van der Waals surface area (Å²) in [5, 5.41) is 0. The van der Waals surface area contributed by atoms with Gasteiger partial charge in [0.05, 0.1) is 0 Å². The van der Waals surface area contributed by atoms with Crippen LogP contribution in [-0.4, -0.2) is 65.8 Å². The highest BCUT2D eigenvalue weighted by atomic mass is 16.2. The Bertz CT molecular complexity index is 682. The van der Waals surface area contributed by atoms with Gasteiger partial charge >= 0.3 is 0 Å². The molecule has 1 saturated heterocycles. The van der Waals surface area contributed by atoms with Crippen molar-refractivity contribution in [3.8, 4) is 0 Å². The molecule has 1 fully saturated rings. The minimum Gasteiger partial charge on any atom is -0.344 e. The van der Waals surface area contributed by atoms with Crippen molar-refractivity contribution < 1.29 is 9.59 Å². The van der Waals surface area contributed by atoms with E-state index < -0.39 is 0 Å². The van der Waals surface area contributed by atoms with Crippen LogP contribution in [0.1, 0.15) is 50.7 Å². The molecule has 1 atom stereocenters. The average molecular weight is 386 g/mol. The van der Waals surface area contributed by atoms with Crippen molar-refractivity contribution in [2.45, 2.75) is 58.5 Å². The van der Waals surface area contributed by atoms with E-state index in [9.17, 15) is 9.59 Å². The molecule has 3 rings (SSSR count). The van der Waals surface area contributed by atoms with Crippen LogP contribution in [0.2, 0.25) is 0 Å². The molecular formula is C23H35N3O2. The molecule has 1 aromatic carbocycles. The van der Waals surface area contributed by atoms with Gasteiger partial charge < -0.3 is 14.7 Å². The first kappa shape index (κ1) is 20.8. The van der Waals surface area contributed by atoms with Gasteiger partial charge in [-0.05, 0) is 55.9 Å². The molecule has 0 N–H and O–H groups in total. The number of carbonyl (C=O) groups is 2. The van der Waals surface area contributed by atoms with Gasteiger partial charge in [-0.2, -0.15) is 0 Å². The molecule has 28 heavy (non-hydrogen) atoms. The van der Waals surface area contributed by atoms with Gasteiger partial charge in [0.1, 0.15) is 6.04 Å². The van der Waals surface area contributed by atoms with Crippen LogP contribution in [-0.2, 0) is 22.6 Å². The number of hydrogen-bond donors (Lipinski definition) is 0. The van der Waals surface area contributed by atoms with E-state index in [0.29, 0.717) is 25.3 Å². The molecule has 5 heteroatoms. The molecule has 1 unspecified atom stereocenters. The minimum absolute atomic E-state index is 0.0769. The fourth-order valence-electron chi connectivity index (χ4n) is 4.37. The Morgan fingerprint density at radius 2 is 1.82 bits per heavy atom. The summed E-state index contributed by atoms with van der Waals surface area (Å²) in [7, 11) is 1.89. The fraction of sp³-hybridized carbons (Fsp3) is 0.652. The van der Waals surface area contributed by atoms with Crippen LogP contribution < -0.4 is 0 Å². The molecule has 154 valence electrons. The molecule has 0 saturated carbocycles. The second kappa shape index (κ2) is 9.55. The molecular weight excluding hydrogens is 350 g/mol. The molecule has 0 aromatic heterocycles.